The van der Waals surface area contributed by atoms with Gasteiger partial charge in [-0.2, -0.15) is 0 Å². The lowest BCUT2D eigenvalue weighted by atomic mass is 10.3. The molecule has 4 aromatic rings. The molecule has 4 rings (SSSR count). The lowest BCUT2D eigenvalue weighted by Crippen LogP contribution is -2.48. The van der Waals surface area contributed by atoms with E-state index in [4.69, 9.17) is 9.47 Å². The van der Waals surface area contributed by atoms with Crippen LogP contribution in [0.2, 0.25) is 0 Å². The number of rotatable bonds is 15. The van der Waals surface area contributed by atoms with Crippen LogP contribution in [0.1, 0.15) is 46.5 Å². The van der Waals surface area contributed by atoms with E-state index in [9.17, 15) is 0 Å². The molecule has 0 aromatic heterocycles. The zero-order valence-electron chi connectivity index (χ0n) is 23.6. The van der Waals surface area contributed by atoms with E-state index in [1.165, 1.54) is 21.2 Å². The largest absolute Gasteiger partial charge is 0.349 e. The van der Waals surface area contributed by atoms with Gasteiger partial charge in [0.05, 0.1) is 18.6 Å². The van der Waals surface area contributed by atoms with Crippen LogP contribution in [0.25, 0.3) is 0 Å². The third kappa shape index (κ3) is 7.87. The number of hydrogen-bond acceptors (Lipinski definition) is 2. The molecule has 0 unspecified atom stereocenters. The van der Waals surface area contributed by atoms with Crippen molar-refractivity contribution in [1.29, 1.82) is 0 Å². The van der Waals surface area contributed by atoms with E-state index < -0.39 is 21.6 Å². The predicted octanol–water partition coefficient (Wildman–Crippen LogP) is 7.93. The summed E-state index contributed by atoms with van der Waals surface area (Å²) in [6.07, 6.45) is 4.22. The van der Waals surface area contributed by atoms with Gasteiger partial charge in [0.25, 0.3) is 0 Å². The normalized spacial score (nSPS) is 11.9. The first kappa shape index (κ1) is 29.6. The molecule has 0 saturated heterocycles. The lowest BCUT2D eigenvalue weighted by molar-refractivity contribution is -0.216. The third-order valence-corrected chi connectivity index (χ3v) is 13.6. The quantitative estimate of drug-likeness (QED) is 0.0841. The van der Waals surface area contributed by atoms with E-state index in [2.05, 4.69) is 142 Å². The Bertz CT molecular complexity index is 1030. The Kier molecular flexibility index (Phi) is 11.7. The average molecular weight is 557 g/mol. The molecule has 204 valence electrons. The highest BCUT2D eigenvalue weighted by atomic mass is 31.2. The van der Waals surface area contributed by atoms with E-state index in [1.807, 2.05) is 0 Å². The number of benzene rings is 4. The smallest absolute Gasteiger partial charge is 0.177 e. The van der Waals surface area contributed by atoms with Crippen molar-refractivity contribution in [2.24, 2.45) is 0 Å². The molecular formula is C35H42O2P2. The molecule has 4 aromatic carbocycles. The molecule has 0 spiro atoms. The zero-order chi connectivity index (χ0) is 27.3. The summed E-state index contributed by atoms with van der Waals surface area (Å²) in [5.41, 5.74) is 0. The van der Waals surface area contributed by atoms with Crippen molar-refractivity contribution in [3.05, 3.63) is 121 Å². The monoisotopic (exact) mass is 556 g/mol. The van der Waals surface area contributed by atoms with Crippen LogP contribution in [0, 0.1) is 0 Å². The van der Waals surface area contributed by atoms with E-state index >= 15 is 0 Å². The average Bonchev–Trinajstić information content (AvgIpc) is 2.99. The highest BCUT2D eigenvalue weighted by Crippen LogP contribution is 2.61. The maximum atomic E-state index is 6.94. The molecule has 39 heavy (non-hydrogen) atoms. The van der Waals surface area contributed by atoms with Crippen molar-refractivity contribution >= 4 is 37.1 Å². The molecule has 0 radical (unpaired) electrons. The van der Waals surface area contributed by atoms with Crippen molar-refractivity contribution in [2.75, 3.05) is 13.2 Å². The van der Waals surface area contributed by atoms with Crippen LogP contribution in [0.5, 0.6) is 0 Å². The predicted molar refractivity (Wildman–Crippen MR) is 172 cm³/mol. The summed E-state index contributed by atoms with van der Waals surface area (Å²) in [7, 11) is -1.70. The second-order valence-corrected chi connectivity index (χ2v) is 14.9. The summed E-state index contributed by atoms with van der Waals surface area (Å²) in [6, 6.07) is 44.2. The van der Waals surface area contributed by atoms with Gasteiger partial charge in [-0.15, -0.1) is 0 Å². The second-order valence-electron chi connectivity index (χ2n) is 9.88. The van der Waals surface area contributed by atoms with Gasteiger partial charge in [0, 0.05) is 0 Å². The summed E-state index contributed by atoms with van der Waals surface area (Å²) in [4.78, 5) is 0. The van der Waals surface area contributed by atoms with Crippen molar-refractivity contribution < 1.29 is 9.47 Å². The van der Waals surface area contributed by atoms with Crippen LogP contribution in [0.4, 0.5) is 0 Å². The Hall–Kier alpha value is -2.34. The molecule has 0 bridgehead atoms. The molecule has 0 saturated carbocycles. The maximum absolute atomic E-state index is 6.94. The molecule has 0 aliphatic heterocycles. The first-order valence-corrected chi connectivity index (χ1v) is 17.1. The van der Waals surface area contributed by atoms with Crippen LogP contribution in [0.15, 0.2) is 121 Å². The van der Waals surface area contributed by atoms with Gasteiger partial charge >= 0.3 is 0 Å². The van der Waals surface area contributed by atoms with Gasteiger partial charge in [0.2, 0.25) is 0 Å². The molecule has 0 fully saturated rings. The first-order valence-electron chi connectivity index (χ1n) is 14.2. The van der Waals surface area contributed by atoms with E-state index in [-0.39, 0.29) is 5.40 Å². The standard InChI is InChI=1S/C35H42O2P2/c1-4-6-28-36-35(3,37-29-7-5-2)34(38(30-20-12-8-13-21-30)31-22-14-9-15-23-31)39(32-24-16-10-17-25-32)33-26-18-11-19-27-33/h8-27,34H,4-7,28-29H2,1-3H3. The fourth-order valence-electron chi connectivity index (χ4n) is 4.83. The van der Waals surface area contributed by atoms with Crippen molar-refractivity contribution in [3.63, 3.8) is 0 Å². The molecule has 4 heteroatoms. The topological polar surface area (TPSA) is 18.5 Å². The van der Waals surface area contributed by atoms with Crippen molar-refractivity contribution in [1.82, 2.24) is 0 Å². The van der Waals surface area contributed by atoms with Gasteiger partial charge in [0.15, 0.2) is 5.79 Å². The van der Waals surface area contributed by atoms with Gasteiger partial charge in [-0.1, -0.05) is 148 Å². The summed E-state index contributed by atoms with van der Waals surface area (Å²) >= 11 is 0. The molecular weight excluding hydrogens is 514 g/mol. The first-order chi connectivity index (χ1) is 19.2. The maximum Gasteiger partial charge on any atom is 0.177 e. The summed E-state index contributed by atoms with van der Waals surface area (Å²) in [5, 5.41) is 5.51. The minimum Gasteiger partial charge on any atom is -0.349 e. The molecule has 0 N–H and O–H groups in total. The van der Waals surface area contributed by atoms with Gasteiger partial charge in [-0.05, 0) is 56.8 Å². The third-order valence-electron chi connectivity index (χ3n) is 6.87. The molecule has 0 heterocycles. The summed E-state index contributed by atoms with van der Waals surface area (Å²) < 4.78 is 13.9. The Labute approximate surface area is 238 Å². The van der Waals surface area contributed by atoms with E-state index in [0.29, 0.717) is 13.2 Å². The minimum atomic E-state index is -0.852. The Morgan fingerprint density at radius 2 is 0.795 bits per heavy atom. The fraction of sp³-hybridized carbons (Fsp3) is 0.314. The van der Waals surface area contributed by atoms with E-state index in [1.54, 1.807) is 0 Å². The Morgan fingerprint density at radius 1 is 0.513 bits per heavy atom. The van der Waals surface area contributed by atoms with Gasteiger partial charge in [-0.3, -0.25) is 0 Å². The fourth-order valence-corrected chi connectivity index (χ4v) is 12.3. The Balaban J connectivity index is 1.99. The SMILES string of the molecule is CCCCOC(C)(OCCCC)C(P(c1ccccc1)c1ccccc1)P(c1ccccc1)c1ccccc1. The lowest BCUT2D eigenvalue weighted by Gasteiger charge is -2.46. The minimum absolute atomic E-state index is 0.0887. The number of ether oxygens (including phenoxy) is 2. The summed E-state index contributed by atoms with van der Waals surface area (Å²) in [6.45, 7) is 8.05. The van der Waals surface area contributed by atoms with Gasteiger partial charge in [0.1, 0.15) is 0 Å². The zero-order valence-corrected chi connectivity index (χ0v) is 25.4. The molecule has 0 amide bonds. The molecule has 0 aliphatic rings. The van der Waals surface area contributed by atoms with Crippen molar-refractivity contribution in [3.8, 4) is 0 Å². The van der Waals surface area contributed by atoms with Crippen LogP contribution in [-0.2, 0) is 9.47 Å². The highest BCUT2D eigenvalue weighted by molar-refractivity contribution is 7.89. The van der Waals surface area contributed by atoms with Gasteiger partial charge in [-0.25, -0.2) is 0 Å². The molecule has 0 aliphatic carbocycles. The second kappa shape index (κ2) is 15.4. The number of unbranched alkanes of at least 4 members (excludes halogenated alkanes) is 2. The Morgan fingerprint density at radius 3 is 1.05 bits per heavy atom. The van der Waals surface area contributed by atoms with Crippen LogP contribution >= 0.6 is 15.8 Å². The van der Waals surface area contributed by atoms with Gasteiger partial charge < -0.3 is 9.47 Å². The molecule has 0 atom stereocenters. The van der Waals surface area contributed by atoms with E-state index in [0.717, 1.165) is 25.7 Å². The summed E-state index contributed by atoms with van der Waals surface area (Å²) in [5.74, 6) is -0.765. The molecule has 2 nitrogen and oxygen atoms in total. The highest BCUT2D eigenvalue weighted by Gasteiger charge is 2.48. The van der Waals surface area contributed by atoms with Crippen LogP contribution in [-0.4, -0.2) is 24.4 Å². The van der Waals surface area contributed by atoms with Crippen LogP contribution in [0.3, 0.4) is 0 Å². The van der Waals surface area contributed by atoms with Crippen LogP contribution < -0.4 is 21.2 Å². The van der Waals surface area contributed by atoms with Crippen molar-refractivity contribution in [2.45, 2.75) is 57.6 Å². The number of hydrogen-bond donors (Lipinski definition) is 0.